The molecule has 0 saturated heterocycles. The van der Waals surface area contributed by atoms with Gasteiger partial charge < -0.3 is 5.32 Å². The van der Waals surface area contributed by atoms with Crippen LogP contribution in [-0.2, 0) is 0 Å². The van der Waals surface area contributed by atoms with Crippen molar-refractivity contribution in [3.8, 4) is 6.07 Å². The monoisotopic (exact) mass is 244 g/mol. The van der Waals surface area contributed by atoms with Gasteiger partial charge in [-0.3, -0.25) is 0 Å². The van der Waals surface area contributed by atoms with E-state index in [0.29, 0.717) is 22.2 Å². The third-order valence-corrected chi connectivity index (χ3v) is 2.39. The molecule has 84 valence electrons. The number of nitrogens with one attached hydrogen (secondary N) is 1. The fourth-order valence-electron chi connectivity index (χ4n) is 1.32. The number of hydrogen-bond acceptors (Lipinski definition) is 4. The number of benzene rings is 1. The normalized spacial score (nSPS) is 9.71. The second-order valence-electron chi connectivity index (χ2n) is 3.42. The van der Waals surface area contributed by atoms with Crippen molar-refractivity contribution >= 4 is 23.1 Å². The lowest BCUT2D eigenvalue weighted by atomic mass is 10.3. The van der Waals surface area contributed by atoms with Gasteiger partial charge in [0.25, 0.3) is 0 Å². The maximum Gasteiger partial charge on any atom is 0.152 e. The molecular formula is C12H9ClN4. The summed E-state index contributed by atoms with van der Waals surface area (Å²) in [6.07, 6.45) is 1.50. The molecule has 4 nitrogen and oxygen atoms in total. The number of hydrogen-bond donors (Lipinski definition) is 1. The summed E-state index contributed by atoms with van der Waals surface area (Å²) in [6.45, 7) is 1.77. The van der Waals surface area contributed by atoms with E-state index < -0.39 is 0 Å². The van der Waals surface area contributed by atoms with Crippen LogP contribution in [0.15, 0.2) is 30.5 Å². The topological polar surface area (TPSA) is 61.6 Å². The molecule has 1 aromatic carbocycles. The molecule has 0 amide bonds. The maximum absolute atomic E-state index is 8.94. The van der Waals surface area contributed by atoms with E-state index in [2.05, 4.69) is 15.3 Å². The van der Waals surface area contributed by atoms with E-state index >= 15 is 0 Å². The first-order chi connectivity index (χ1) is 8.19. The summed E-state index contributed by atoms with van der Waals surface area (Å²) >= 11 is 5.79. The lowest BCUT2D eigenvalue weighted by Gasteiger charge is -2.07. The fourth-order valence-corrected chi connectivity index (χ4v) is 1.44. The molecule has 2 aromatic rings. The molecule has 0 fully saturated rings. The van der Waals surface area contributed by atoms with Crippen LogP contribution in [0.5, 0.6) is 0 Å². The predicted octanol–water partition coefficient (Wildman–Crippen LogP) is 3.05. The van der Waals surface area contributed by atoms with Gasteiger partial charge in [-0.1, -0.05) is 11.6 Å². The summed E-state index contributed by atoms with van der Waals surface area (Å²) < 4.78 is 0. The predicted molar refractivity (Wildman–Crippen MR) is 66.2 cm³/mol. The Morgan fingerprint density at radius 3 is 2.65 bits per heavy atom. The van der Waals surface area contributed by atoms with Crippen LogP contribution in [0.1, 0.15) is 11.4 Å². The van der Waals surface area contributed by atoms with Crippen molar-refractivity contribution in [2.24, 2.45) is 0 Å². The minimum Gasteiger partial charge on any atom is -0.339 e. The Kier molecular flexibility index (Phi) is 3.22. The summed E-state index contributed by atoms with van der Waals surface area (Å²) in [5.74, 6) is 1.11. The van der Waals surface area contributed by atoms with Crippen molar-refractivity contribution in [1.29, 1.82) is 5.26 Å². The van der Waals surface area contributed by atoms with E-state index in [0.717, 1.165) is 5.69 Å². The average molecular weight is 245 g/mol. The van der Waals surface area contributed by atoms with Crippen LogP contribution in [0.25, 0.3) is 0 Å². The van der Waals surface area contributed by atoms with Crippen LogP contribution in [0.2, 0.25) is 5.02 Å². The zero-order valence-electron chi connectivity index (χ0n) is 9.11. The Balaban J connectivity index is 2.32. The zero-order chi connectivity index (χ0) is 12.3. The van der Waals surface area contributed by atoms with Gasteiger partial charge in [0.1, 0.15) is 17.5 Å². The highest BCUT2D eigenvalue weighted by Gasteiger charge is 2.05. The first-order valence-electron chi connectivity index (χ1n) is 4.95. The molecule has 0 radical (unpaired) electrons. The first-order valence-corrected chi connectivity index (χ1v) is 5.33. The van der Waals surface area contributed by atoms with Gasteiger partial charge >= 0.3 is 0 Å². The Bertz CT molecular complexity index is 572. The number of nitriles is 1. The van der Waals surface area contributed by atoms with Crippen LogP contribution >= 0.6 is 11.6 Å². The zero-order valence-corrected chi connectivity index (χ0v) is 9.86. The van der Waals surface area contributed by atoms with Gasteiger partial charge in [-0.05, 0) is 31.2 Å². The molecule has 0 spiro atoms. The number of anilines is 2. The van der Waals surface area contributed by atoms with Crippen molar-refractivity contribution < 1.29 is 0 Å². The second-order valence-corrected chi connectivity index (χ2v) is 3.86. The van der Waals surface area contributed by atoms with E-state index in [1.165, 1.54) is 6.20 Å². The van der Waals surface area contributed by atoms with Gasteiger partial charge in [-0.2, -0.15) is 5.26 Å². The van der Waals surface area contributed by atoms with Crippen molar-refractivity contribution in [3.05, 3.63) is 46.9 Å². The molecule has 1 N–H and O–H groups in total. The molecule has 2 rings (SSSR count). The number of rotatable bonds is 2. The van der Waals surface area contributed by atoms with Gasteiger partial charge in [0.15, 0.2) is 5.82 Å². The fraction of sp³-hybridized carbons (Fsp3) is 0.0833. The number of aryl methyl sites for hydroxylation is 1. The number of nitrogens with zero attached hydrogens (tertiary/aromatic N) is 3. The maximum atomic E-state index is 8.94. The highest BCUT2D eigenvalue weighted by Crippen LogP contribution is 2.19. The third kappa shape index (κ3) is 2.71. The lowest BCUT2D eigenvalue weighted by molar-refractivity contribution is 1.05. The molecular weight excluding hydrogens is 236 g/mol. The molecule has 5 heteroatoms. The van der Waals surface area contributed by atoms with E-state index in [1.807, 2.05) is 18.2 Å². The molecule has 1 aromatic heterocycles. The van der Waals surface area contributed by atoms with Gasteiger partial charge in [0.05, 0.1) is 6.20 Å². The average Bonchev–Trinajstić information content (AvgIpc) is 2.32. The number of aromatic nitrogens is 2. The Hall–Kier alpha value is -2.12. The minimum atomic E-state index is 0.408. The highest BCUT2D eigenvalue weighted by molar-refractivity contribution is 6.30. The quantitative estimate of drug-likeness (QED) is 0.882. The van der Waals surface area contributed by atoms with E-state index in [4.69, 9.17) is 16.9 Å². The van der Waals surface area contributed by atoms with Crippen LogP contribution < -0.4 is 5.32 Å². The van der Waals surface area contributed by atoms with Crippen LogP contribution in [0.3, 0.4) is 0 Å². The Morgan fingerprint density at radius 1 is 1.29 bits per heavy atom. The minimum absolute atomic E-state index is 0.408. The van der Waals surface area contributed by atoms with Crippen molar-refractivity contribution in [2.75, 3.05) is 5.32 Å². The van der Waals surface area contributed by atoms with Crippen molar-refractivity contribution in [1.82, 2.24) is 9.97 Å². The van der Waals surface area contributed by atoms with E-state index in [9.17, 15) is 0 Å². The Morgan fingerprint density at radius 2 is 2.00 bits per heavy atom. The molecule has 0 aliphatic rings. The van der Waals surface area contributed by atoms with Gasteiger partial charge in [-0.25, -0.2) is 9.97 Å². The first kappa shape index (κ1) is 11.4. The third-order valence-electron chi connectivity index (χ3n) is 2.14. The largest absolute Gasteiger partial charge is 0.339 e. The SMILES string of the molecule is Cc1ncc(C#N)c(Nc2ccc(Cl)cc2)n1. The summed E-state index contributed by atoms with van der Waals surface area (Å²) in [5, 5.41) is 12.7. The molecule has 0 atom stereocenters. The van der Waals surface area contributed by atoms with Crippen LogP contribution in [-0.4, -0.2) is 9.97 Å². The lowest BCUT2D eigenvalue weighted by Crippen LogP contribution is -2.00. The molecule has 0 aliphatic heterocycles. The van der Waals surface area contributed by atoms with Crippen LogP contribution in [0, 0.1) is 18.3 Å². The summed E-state index contributed by atoms with van der Waals surface area (Å²) in [5.41, 5.74) is 1.23. The summed E-state index contributed by atoms with van der Waals surface area (Å²) in [4.78, 5) is 8.16. The van der Waals surface area contributed by atoms with E-state index in [-0.39, 0.29) is 0 Å². The van der Waals surface area contributed by atoms with Crippen molar-refractivity contribution in [2.45, 2.75) is 6.92 Å². The highest BCUT2D eigenvalue weighted by atomic mass is 35.5. The molecule has 0 unspecified atom stereocenters. The smallest absolute Gasteiger partial charge is 0.152 e. The van der Waals surface area contributed by atoms with Gasteiger partial charge in [0, 0.05) is 10.7 Å². The molecule has 17 heavy (non-hydrogen) atoms. The standard InChI is InChI=1S/C12H9ClN4/c1-8-15-7-9(6-14)12(16-8)17-11-4-2-10(13)3-5-11/h2-5,7H,1H3,(H,15,16,17). The van der Waals surface area contributed by atoms with Crippen LogP contribution in [0.4, 0.5) is 11.5 Å². The Labute approximate surface area is 104 Å². The van der Waals surface area contributed by atoms with Gasteiger partial charge in [-0.15, -0.1) is 0 Å². The van der Waals surface area contributed by atoms with E-state index in [1.54, 1.807) is 19.1 Å². The molecule has 0 bridgehead atoms. The molecule has 1 heterocycles. The number of halogens is 1. The second kappa shape index (κ2) is 4.81. The summed E-state index contributed by atoms with van der Waals surface area (Å²) in [7, 11) is 0. The molecule has 0 saturated carbocycles. The van der Waals surface area contributed by atoms with Gasteiger partial charge in [0.2, 0.25) is 0 Å². The molecule has 0 aliphatic carbocycles. The summed E-state index contributed by atoms with van der Waals surface area (Å²) in [6, 6.07) is 9.22. The van der Waals surface area contributed by atoms with Crippen molar-refractivity contribution in [3.63, 3.8) is 0 Å².